The topological polar surface area (TPSA) is 43.4 Å². The van der Waals surface area contributed by atoms with Crippen LogP contribution in [0.15, 0.2) is 67.0 Å². The number of nitrogens with one attached hydrogen (secondary N) is 1. The fraction of sp³-hybridized carbons (Fsp3) is 0.227. The second-order valence-electron chi connectivity index (χ2n) is 6.27. The van der Waals surface area contributed by atoms with E-state index in [0.717, 1.165) is 11.1 Å². The lowest BCUT2D eigenvalue weighted by Crippen LogP contribution is -2.18. The molecular weight excluding hydrogens is 360 g/mol. The van der Waals surface area contributed by atoms with E-state index in [-0.39, 0.29) is 6.04 Å². The van der Waals surface area contributed by atoms with Crippen molar-refractivity contribution in [3.05, 3.63) is 88.7 Å². The molecule has 1 N–H and O–H groups in total. The molecule has 27 heavy (non-hydrogen) atoms. The highest BCUT2D eigenvalue weighted by Gasteiger charge is 2.13. The fourth-order valence-electron chi connectivity index (χ4n) is 2.78. The van der Waals surface area contributed by atoms with Crippen LogP contribution in [0.1, 0.15) is 29.7 Å². The average Bonchev–Trinajstić information content (AvgIpc) is 2.72. The van der Waals surface area contributed by atoms with Gasteiger partial charge in [-0.2, -0.15) is 0 Å². The summed E-state index contributed by atoms with van der Waals surface area (Å²) in [5.74, 6) is 1.17. The van der Waals surface area contributed by atoms with Crippen LogP contribution in [0.2, 0.25) is 5.02 Å². The monoisotopic (exact) mass is 382 g/mol. The first-order valence-corrected chi connectivity index (χ1v) is 9.21. The SMILES string of the molecule is COc1cc(CNC(C)c2ccccc2)cc(Cl)c1OCc1cccnc1. The molecule has 5 heteroatoms. The predicted octanol–water partition coefficient (Wildman–Crippen LogP) is 5.17. The number of pyridine rings is 1. The lowest BCUT2D eigenvalue weighted by Gasteiger charge is -2.17. The van der Waals surface area contributed by atoms with Crippen LogP contribution in [0.4, 0.5) is 0 Å². The van der Waals surface area contributed by atoms with Crippen molar-refractivity contribution in [1.82, 2.24) is 10.3 Å². The first-order valence-electron chi connectivity index (χ1n) is 8.84. The van der Waals surface area contributed by atoms with Crippen LogP contribution in [0.25, 0.3) is 0 Å². The van der Waals surface area contributed by atoms with Crippen molar-refractivity contribution in [2.45, 2.75) is 26.1 Å². The van der Waals surface area contributed by atoms with Gasteiger partial charge in [0.2, 0.25) is 0 Å². The minimum absolute atomic E-state index is 0.234. The average molecular weight is 383 g/mol. The van der Waals surface area contributed by atoms with Gasteiger partial charge >= 0.3 is 0 Å². The smallest absolute Gasteiger partial charge is 0.180 e. The van der Waals surface area contributed by atoms with Crippen molar-refractivity contribution >= 4 is 11.6 Å². The summed E-state index contributed by atoms with van der Waals surface area (Å²) < 4.78 is 11.4. The standard InChI is InChI=1S/C22H23ClN2O2/c1-16(19-8-4-3-5-9-19)25-14-18-11-20(23)22(21(12-18)26-2)27-15-17-7-6-10-24-13-17/h3-13,16,25H,14-15H2,1-2H3. The Kier molecular flexibility index (Phi) is 6.69. The van der Waals surface area contributed by atoms with Crippen molar-refractivity contribution < 1.29 is 9.47 Å². The molecule has 0 spiro atoms. The Morgan fingerprint density at radius 1 is 1.07 bits per heavy atom. The van der Waals surface area contributed by atoms with Crippen LogP contribution >= 0.6 is 11.6 Å². The predicted molar refractivity (Wildman–Crippen MR) is 108 cm³/mol. The summed E-state index contributed by atoms with van der Waals surface area (Å²) in [5, 5.41) is 4.04. The van der Waals surface area contributed by atoms with Gasteiger partial charge in [-0.3, -0.25) is 4.98 Å². The molecule has 0 saturated heterocycles. The molecule has 0 saturated carbocycles. The van der Waals surface area contributed by atoms with Crippen LogP contribution in [0.5, 0.6) is 11.5 Å². The fourth-order valence-corrected chi connectivity index (χ4v) is 3.07. The Morgan fingerprint density at radius 2 is 1.89 bits per heavy atom. The van der Waals surface area contributed by atoms with E-state index in [1.807, 2.05) is 42.5 Å². The van der Waals surface area contributed by atoms with Gasteiger partial charge in [-0.25, -0.2) is 0 Å². The van der Waals surface area contributed by atoms with Crippen LogP contribution in [-0.4, -0.2) is 12.1 Å². The van der Waals surface area contributed by atoms with Gasteiger partial charge in [-0.1, -0.05) is 48.0 Å². The van der Waals surface area contributed by atoms with Crippen molar-refractivity contribution in [2.75, 3.05) is 7.11 Å². The van der Waals surface area contributed by atoms with Crippen LogP contribution < -0.4 is 14.8 Å². The van der Waals surface area contributed by atoms with Gasteiger partial charge in [-0.05, 0) is 36.2 Å². The van der Waals surface area contributed by atoms with E-state index in [1.165, 1.54) is 5.56 Å². The van der Waals surface area contributed by atoms with Crippen molar-refractivity contribution in [1.29, 1.82) is 0 Å². The van der Waals surface area contributed by atoms with E-state index >= 15 is 0 Å². The largest absolute Gasteiger partial charge is 0.493 e. The zero-order chi connectivity index (χ0) is 19.1. The zero-order valence-electron chi connectivity index (χ0n) is 15.5. The summed E-state index contributed by atoms with van der Waals surface area (Å²) in [6.07, 6.45) is 3.50. The number of halogens is 1. The second-order valence-corrected chi connectivity index (χ2v) is 6.68. The maximum Gasteiger partial charge on any atom is 0.180 e. The molecule has 3 aromatic rings. The van der Waals surface area contributed by atoms with Gasteiger partial charge in [0.15, 0.2) is 11.5 Å². The van der Waals surface area contributed by atoms with E-state index in [9.17, 15) is 0 Å². The highest BCUT2D eigenvalue weighted by Crippen LogP contribution is 2.37. The molecular formula is C22H23ClN2O2. The number of hydrogen-bond donors (Lipinski definition) is 1. The number of benzene rings is 2. The summed E-state index contributed by atoms with van der Waals surface area (Å²) in [6.45, 7) is 3.20. The molecule has 4 nitrogen and oxygen atoms in total. The summed E-state index contributed by atoms with van der Waals surface area (Å²) in [6, 6.07) is 18.3. The lowest BCUT2D eigenvalue weighted by molar-refractivity contribution is 0.284. The number of aromatic nitrogens is 1. The Labute approximate surface area is 165 Å². The molecule has 3 rings (SSSR count). The molecule has 2 aromatic carbocycles. The maximum absolute atomic E-state index is 6.46. The summed E-state index contributed by atoms with van der Waals surface area (Å²) in [5.41, 5.74) is 3.25. The molecule has 1 atom stereocenters. The van der Waals surface area contributed by atoms with Crippen LogP contribution in [0, 0.1) is 0 Å². The molecule has 0 radical (unpaired) electrons. The first kappa shape index (κ1) is 19.2. The van der Waals surface area contributed by atoms with Crippen molar-refractivity contribution in [2.24, 2.45) is 0 Å². The molecule has 1 aromatic heterocycles. The third kappa shape index (κ3) is 5.22. The summed E-state index contributed by atoms with van der Waals surface area (Å²) in [7, 11) is 1.62. The summed E-state index contributed by atoms with van der Waals surface area (Å²) in [4.78, 5) is 4.09. The molecule has 0 fully saturated rings. The van der Waals surface area contributed by atoms with Crippen LogP contribution in [-0.2, 0) is 13.2 Å². The second kappa shape index (κ2) is 9.40. The van der Waals surface area contributed by atoms with Gasteiger partial charge in [-0.15, -0.1) is 0 Å². The molecule has 1 unspecified atom stereocenters. The van der Waals surface area contributed by atoms with E-state index in [2.05, 4.69) is 29.4 Å². The van der Waals surface area contributed by atoms with Crippen molar-refractivity contribution in [3.8, 4) is 11.5 Å². The van der Waals surface area contributed by atoms with Gasteiger partial charge in [0, 0.05) is 30.5 Å². The minimum atomic E-state index is 0.234. The third-order valence-electron chi connectivity index (χ3n) is 4.31. The Hall–Kier alpha value is -2.56. The maximum atomic E-state index is 6.46. The molecule has 140 valence electrons. The van der Waals surface area contributed by atoms with Gasteiger partial charge in [0.25, 0.3) is 0 Å². The van der Waals surface area contributed by atoms with E-state index < -0.39 is 0 Å². The van der Waals surface area contributed by atoms with Crippen LogP contribution in [0.3, 0.4) is 0 Å². The van der Waals surface area contributed by atoms with Gasteiger partial charge < -0.3 is 14.8 Å². The molecule has 0 bridgehead atoms. The summed E-state index contributed by atoms with van der Waals surface area (Å²) >= 11 is 6.46. The number of rotatable bonds is 8. The quantitative estimate of drug-likeness (QED) is 0.583. The number of methoxy groups -OCH3 is 1. The number of ether oxygens (including phenoxy) is 2. The molecule has 0 aliphatic rings. The zero-order valence-corrected chi connectivity index (χ0v) is 16.2. The number of nitrogens with zero attached hydrogens (tertiary/aromatic N) is 1. The molecule has 0 aliphatic heterocycles. The van der Waals surface area contributed by atoms with Gasteiger partial charge in [0.05, 0.1) is 12.1 Å². The Bertz CT molecular complexity index is 857. The lowest BCUT2D eigenvalue weighted by atomic mass is 10.1. The molecule has 0 aliphatic carbocycles. The van der Waals surface area contributed by atoms with E-state index in [1.54, 1.807) is 19.5 Å². The minimum Gasteiger partial charge on any atom is -0.493 e. The molecule has 1 heterocycles. The highest BCUT2D eigenvalue weighted by molar-refractivity contribution is 6.32. The third-order valence-corrected chi connectivity index (χ3v) is 4.59. The normalized spacial score (nSPS) is 11.8. The number of hydrogen-bond acceptors (Lipinski definition) is 4. The first-order chi connectivity index (χ1) is 13.2. The van der Waals surface area contributed by atoms with Crippen molar-refractivity contribution in [3.63, 3.8) is 0 Å². The highest BCUT2D eigenvalue weighted by atomic mass is 35.5. The Balaban J connectivity index is 1.68. The van der Waals surface area contributed by atoms with E-state index in [0.29, 0.717) is 29.7 Å². The molecule has 0 amide bonds. The van der Waals surface area contributed by atoms with Gasteiger partial charge in [0.1, 0.15) is 6.61 Å². The van der Waals surface area contributed by atoms with E-state index in [4.69, 9.17) is 21.1 Å². The Morgan fingerprint density at radius 3 is 2.59 bits per heavy atom.